The highest BCUT2D eigenvalue weighted by Gasteiger charge is 2.18. The molecule has 0 unspecified atom stereocenters. The molecule has 0 radical (unpaired) electrons. The van der Waals surface area contributed by atoms with Crippen molar-refractivity contribution in [1.82, 2.24) is 19.9 Å². The summed E-state index contributed by atoms with van der Waals surface area (Å²) in [5, 5.41) is 0. The Morgan fingerprint density at radius 3 is 2.39 bits per heavy atom. The van der Waals surface area contributed by atoms with Crippen molar-refractivity contribution in [3.05, 3.63) is 72.3 Å². The maximum absolute atomic E-state index is 13.1. The molecule has 28 heavy (non-hydrogen) atoms. The van der Waals surface area contributed by atoms with Crippen molar-refractivity contribution >= 4 is 5.91 Å². The number of hydrogen-bond acceptors (Lipinski definition) is 5. The SMILES string of the molecule is COc1nccnc1-c1ccc(C(=O)N(Cc2ccccn2)CC(C)C)cc1. The van der Waals surface area contributed by atoms with Crippen LogP contribution in [0, 0.1) is 5.92 Å². The van der Waals surface area contributed by atoms with Crippen LogP contribution in [0.1, 0.15) is 29.9 Å². The minimum absolute atomic E-state index is 0.0167. The van der Waals surface area contributed by atoms with Gasteiger partial charge in [0.1, 0.15) is 5.69 Å². The fourth-order valence-electron chi connectivity index (χ4n) is 2.97. The van der Waals surface area contributed by atoms with Gasteiger partial charge in [-0.3, -0.25) is 9.78 Å². The molecular formula is C22H24N4O2. The zero-order chi connectivity index (χ0) is 19.9. The van der Waals surface area contributed by atoms with Gasteiger partial charge in [-0.2, -0.15) is 0 Å². The van der Waals surface area contributed by atoms with E-state index in [9.17, 15) is 4.79 Å². The third-order valence-corrected chi connectivity index (χ3v) is 4.22. The summed E-state index contributed by atoms with van der Waals surface area (Å²) >= 11 is 0. The lowest BCUT2D eigenvalue weighted by molar-refractivity contribution is 0.0720. The first kappa shape index (κ1) is 19.5. The molecule has 1 amide bonds. The monoisotopic (exact) mass is 376 g/mol. The van der Waals surface area contributed by atoms with E-state index in [0.29, 0.717) is 36.1 Å². The number of rotatable bonds is 7. The molecule has 3 aromatic rings. The Balaban J connectivity index is 1.83. The van der Waals surface area contributed by atoms with Crippen molar-refractivity contribution in [2.75, 3.05) is 13.7 Å². The van der Waals surface area contributed by atoms with Crippen LogP contribution in [-0.2, 0) is 6.54 Å². The summed E-state index contributed by atoms with van der Waals surface area (Å²) in [6.45, 7) is 5.34. The molecule has 0 fully saturated rings. The number of carbonyl (C=O) groups excluding carboxylic acids is 1. The predicted molar refractivity (Wildman–Crippen MR) is 108 cm³/mol. The molecule has 2 heterocycles. The van der Waals surface area contributed by atoms with Gasteiger partial charge in [-0.05, 0) is 30.2 Å². The van der Waals surface area contributed by atoms with E-state index >= 15 is 0 Å². The van der Waals surface area contributed by atoms with Crippen molar-refractivity contribution in [3.8, 4) is 17.1 Å². The number of benzene rings is 1. The van der Waals surface area contributed by atoms with E-state index in [1.165, 1.54) is 0 Å². The van der Waals surface area contributed by atoms with Gasteiger partial charge in [-0.1, -0.05) is 32.0 Å². The van der Waals surface area contributed by atoms with Gasteiger partial charge in [0.15, 0.2) is 0 Å². The number of hydrogen-bond donors (Lipinski definition) is 0. The van der Waals surface area contributed by atoms with Gasteiger partial charge in [0.25, 0.3) is 5.91 Å². The summed E-state index contributed by atoms with van der Waals surface area (Å²) in [4.78, 5) is 27.8. The molecule has 0 bridgehead atoms. The van der Waals surface area contributed by atoms with Crippen LogP contribution >= 0.6 is 0 Å². The number of carbonyl (C=O) groups is 1. The quantitative estimate of drug-likeness (QED) is 0.627. The molecule has 6 nitrogen and oxygen atoms in total. The number of methoxy groups -OCH3 is 1. The molecule has 0 aliphatic heterocycles. The molecule has 0 N–H and O–H groups in total. The molecule has 0 aliphatic carbocycles. The fraction of sp³-hybridized carbons (Fsp3) is 0.273. The highest BCUT2D eigenvalue weighted by atomic mass is 16.5. The van der Waals surface area contributed by atoms with E-state index < -0.39 is 0 Å². The van der Waals surface area contributed by atoms with Crippen LogP contribution in [0.25, 0.3) is 11.3 Å². The third kappa shape index (κ3) is 4.71. The van der Waals surface area contributed by atoms with E-state index in [1.807, 2.05) is 47.4 Å². The molecular weight excluding hydrogens is 352 g/mol. The van der Waals surface area contributed by atoms with Gasteiger partial charge in [0, 0.05) is 36.3 Å². The lowest BCUT2D eigenvalue weighted by Gasteiger charge is -2.24. The summed E-state index contributed by atoms with van der Waals surface area (Å²) in [6.07, 6.45) is 4.95. The Morgan fingerprint density at radius 1 is 1.00 bits per heavy atom. The molecule has 0 spiro atoms. The van der Waals surface area contributed by atoms with Crippen LogP contribution in [0.4, 0.5) is 0 Å². The highest BCUT2D eigenvalue weighted by molar-refractivity contribution is 5.94. The third-order valence-electron chi connectivity index (χ3n) is 4.22. The predicted octanol–water partition coefficient (Wildman–Crippen LogP) is 3.85. The van der Waals surface area contributed by atoms with Crippen LogP contribution in [0.5, 0.6) is 5.88 Å². The standard InChI is InChI=1S/C22H24N4O2/c1-16(2)14-26(15-19-6-4-5-11-23-19)22(27)18-9-7-17(8-10-18)20-21(28-3)25-13-12-24-20/h4-13,16H,14-15H2,1-3H3. The Morgan fingerprint density at radius 2 is 1.75 bits per heavy atom. The van der Waals surface area contributed by atoms with Crippen LogP contribution in [-0.4, -0.2) is 39.4 Å². The van der Waals surface area contributed by atoms with Crippen molar-refractivity contribution in [1.29, 1.82) is 0 Å². The van der Waals surface area contributed by atoms with Gasteiger partial charge < -0.3 is 9.64 Å². The van der Waals surface area contributed by atoms with Gasteiger partial charge >= 0.3 is 0 Å². The fourth-order valence-corrected chi connectivity index (χ4v) is 2.97. The second-order valence-corrected chi connectivity index (χ2v) is 6.89. The average Bonchev–Trinajstić information content (AvgIpc) is 2.73. The Labute approximate surface area is 165 Å². The molecule has 1 aromatic carbocycles. The zero-order valence-electron chi connectivity index (χ0n) is 16.4. The molecule has 2 aromatic heterocycles. The minimum Gasteiger partial charge on any atom is -0.479 e. The van der Waals surface area contributed by atoms with Crippen LogP contribution < -0.4 is 4.74 Å². The molecule has 0 aliphatic rings. The second kappa shape index (κ2) is 9.08. The number of nitrogens with zero attached hydrogens (tertiary/aromatic N) is 4. The summed E-state index contributed by atoms with van der Waals surface area (Å²) in [5.41, 5.74) is 3.00. The normalized spacial score (nSPS) is 10.7. The van der Waals surface area contributed by atoms with Crippen molar-refractivity contribution in [2.45, 2.75) is 20.4 Å². The van der Waals surface area contributed by atoms with E-state index in [4.69, 9.17) is 4.74 Å². The minimum atomic E-state index is -0.0167. The summed E-state index contributed by atoms with van der Waals surface area (Å²) in [6, 6.07) is 13.1. The highest BCUT2D eigenvalue weighted by Crippen LogP contribution is 2.25. The van der Waals surface area contributed by atoms with Gasteiger partial charge in [-0.25, -0.2) is 9.97 Å². The number of aromatic nitrogens is 3. The first-order chi connectivity index (χ1) is 13.6. The van der Waals surface area contributed by atoms with Crippen LogP contribution in [0.3, 0.4) is 0 Å². The summed E-state index contributed by atoms with van der Waals surface area (Å²) in [5.74, 6) is 0.797. The Bertz CT molecular complexity index is 911. The van der Waals surface area contributed by atoms with E-state index in [0.717, 1.165) is 11.3 Å². The Hall–Kier alpha value is -3.28. The molecule has 144 valence electrons. The Kier molecular flexibility index (Phi) is 6.32. The van der Waals surface area contributed by atoms with Gasteiger partial charge in [0.2, 0.25) is 5.88 Å². The number of amides is 1. The largest absolute Gasteiger partial charge is 0.479 e. The zero-order valence-corrected chi connectivity index (χ0v) is 16.4. The maximum Gasteiger partial charge on any atom is 0.254 e. The van der Waals surface area contributed by atoms with Crippen LogP contribution in [0.2, 0.25) is 0 Å². The number of ether oxygens (including phenoxy) is 1. The summed E-state index contributed by atoms with van der Waals surface area (Å²) < 4.78 is 5.27. The summed E-state index contributed by atoms with van der Waals surface area (Å²) in [7, 11) is 1.56. The maximum atomic E-state index is 13.1. The molecule has 0 atom stereocenters. The first-order valence-electron chi connectivity index (χ1n) is 9.23. The lowest BCUT2D eigenvalue weighted by atomic mass is 10.1. The lowest BCUT2D eigenvalue weighted by Crippen LogP contribution is -2.34. The molecule has 3 rings (SSSR count). The van der Waals surface area contributed by atoms with Crippen LogP contribution in [0.15, 0.2) is 61.1 Å². The van der Waals surface area contributed by atoms with Gasteiger partial charge in [0.05, 0.1) is 19.3 Å². The topological polar surface area (TPSA) is 68.2 Å². The first-order valence-corrected chi connectivity index (χ1v) is 9.23. The van der Waals surface area contributed by atoms with Gasteiger partial charge in [-0.15, -0.1) is 0 Å². The number of pyridine rings is 1. The van der Waals surface area contributed by atoms with Crippen molar-refractivity contribution < 1.29 is 9.53 Å². The van der Waals surface area contributed by atoms with E-state index in [-0.39, 0.29) is 5.91 Å². The smallest absolute Gasteiger partial charge is 0.254 e. The van der Waals surface area contributed by atoms with Crippen molar-refractivity contribution in [3.63, 3.8) is 0 Å². The van der Waals surface area contributed by atoms with E-state index in [1.54, 1.807) is 25.7 Å². The van der Waals surface area contributed by atoms with E-state index in [2.05, 4.69) is 28.8 Å². The second-order valence-electron chi connectivity index (χ2n) is 6.89. The molecule has 0 saturated carbocycles. The van der Waals surface area contributed by atoms with Crippen molar-refractivity contribution in [2.24, 2.45) is 5.92 Å². The molecule has 6 heteroatoms. The molecule has 0 saturated heterocycles. The average molecular weight is 376 g/mol.